The largest absolute Gasteiger partial charge is 0.399 e. The topological polar surface area (TPSA) is 82.2 Å². The monoisotopic (exact) mass is 368 g/mol. The zero-order valence-corrected chi connectivity index (χ0v) is 15.5. The minimum atomic E-state index is -0.465. The third kappa shape index (κ3) is 4.37. The molecule has 0 bridgehead atoms. The van der Waals surface area contributed by atoms with Gasteiger partial charge in [0.2, 0.25) is 0 Å². The summed E-state index contributed by atoms with van der Waals surface area (Å²) in [5.41, 5.74) is 9.63. The predicted molar refractivity (Wildman–Crippen MR) is 113 cm³/mol. The van der Waals surface area contributed by atoms with Crippen molar-refractivity contribution in [3.05, 3.63) is 96.2 Å². The zero-order valence-electron chi connectivity index (χ0n) is 15.5. The molecule has 0 aliphatic carbocycles. The first-order valence-electron chi connectivity index (χ1n) is 8.77. The molecule has 0 saturated heterocycles. The summed E-state index contributed by atoms with van der Waals surface area (Å²) < 4.78 is 0. The van der Waals surface area contributed by atoms with Crippen LogP contribution in [0.2, 0.25) is 0 Å². The number of hydrogen-bond donors (Lipinski definition) is 2. The van der Waals surface area contributed by atoms with Crippen LogP contribution in [0.3, 0.4) is 0 Å². The molecule has 0 fully saturated rings. The molecule has 0 saturated carbocycles. The predicted octanol–water partition coefficient (Wildman–Crippen LogP) is 4.76. The van der Waals surface area contributed by atoms with Gasteiger partial charge in [-0.15, -0.1) is 0 Å². The number of carbonyl (C=O) groups is 1. The molecule has 3 rings (SSSR count). The molecule has 0 unspecified atom stereocenters. The molecule has 0 heterocycles. The van der Waals surface area contributed by atoms with E-state index in [-0.39, 0.29) is 5.57 Å². The number of amides is 1. The molecule has 0 aromatic heterocycles. The smallest absolute Gasteiger partial charge is 0.267 e. The molecule has 0 aliphatic rings. The van der Waals surface area contributed by atoms with E-state index in [2.05, 4.69) is 5.32 Å². The highest BCUT2D eigenvalue weighted by Crippen LogP contribution is 2.27. The number of nitrogen functional groups attached to an aromatic ring is 1. The number of nitrogens with zero attached hydrogens (tertiary/aromatic N) is 2. The van der Waals surface area contributed by atoms with E-state index in [1.54, 1.807) is 23.1 Å². The number of rotatable bonds is 5. The van der Waals surface area contributed by atoms with Crippen molar-refractivity contribution in [2.45, 2.75) is 6.92 Å². The lowest BCUT2D eigenvalue weighted by atomic mass is 10.2. The lowest BCUT2D eigenvalue weighted by Gasteiger charge is -2.21. The van der Waals surface area contributed by atoms with Gasteiger partial charge in [0.1, 0.15) is 11.6 Å². The van der Waals surface area contributed by atoms with Gasteiger partial charge in [0.15, 0.2) is 0 Å². The van der Waals surface area contributed by atoms with Crippen LogP contribution in [0.25, 0.3) is 0 Å². The van der Waals surface area contributed by atoms with Crippen LogP contribution in [-0.2, 0) is 4.79 Å². The van der Waals surface area contributed by atoms with Crippen LogP contribution in [0.1, 0.15) is 5.56 Å². The van der Waals surface area contributed by atoms with E-state index in [1.807, 2.05) is 73.7 Å². The third-order valence-electron chi connectivity index (χ3n) is 4.22. The summed E-state index contributed by atoms with van der Waals surface area (Å²) in [5, 5.41) is 12.4. The van der Waals surface area contributed by atoms with Crippen molar-refractivity contribution in [3.63, 3.8) is 0 Å². The Morgan fingerprint density at radius 1 is 0.964 bits per heavy atom. The van der Waals surface area contributed by atoms with Gasteiger partial charge in [0.05, 0.1) is 0 Å². The number of nitrogens with one attached hydrogen (secondary N) is 1. The number of hydrogen-bond acceptors (Lipinski definition) is 4. The molecule has 0 aliphatic heterocycles. The summed E-state index contributed by atoms with van der Waals surface area (Å²) in [6.45, 7) is 1.90. The molecule has 1 amide bonds. The third-order valence-corrected chi connectivity index (χ3v) is 4.22. The summed E-state index contributed by atoms with van der Waals surface area (Å²) >= 11 is 0. The lowest BCUT2D eigenvalue weighted by molar-refractivity contribution is -0.112. The Morgan fingerprint density at radius 3 is 2.21 bits per heavy atom. The molecule has 3 aromatic carbocycles. The fourth-order valence-electron chi connectivity index (χ4n) is 2.69. The number of aryl methyl sites for hydroxylation is 1. The highest BCUT2D eigenvalue weighted by atomic mass is 16.1. The van der Waals surface area contributed by atoms with Gasteiger partial charge in [-0.2, -0.15) is 5.26 Å². The fraction of sp³-hybridized carbons (Fsp3) is 0.0435. The van der Waals surface area contributed by atoms with Gasteiger partial charge in [0, 0.05) is 28.9 Å². The van der Waals surface area contributed by atoms with E-state index in [1.165, 1.54) is 6.20 Å². The minimum absolute atomic E-state index is 0.0102. The average Bonchev–Trinajstić information content (AvgIpc) is 2.72. The first-order chi connectivity index (χ1) is 13.6. The van der Waals surface area contributed by atoms with Crippen LogP contribution in [0.5, 0.6) is 0 Å². The Balaban J connectivity index is 1.97. The van der Waals surface area contributed by atoms with Crippen molar-refractivity contribution in [3.8, 4) is 6.07 Å². The molecular formula is C23H20N4O. The van der Waals surface area contributed by atoms with Crippen molar-refractivity contribution in [2.24, 2.45) is 0 Å². The second kappa shape index (κ2) is 8.56. The van der Waals surface area contributed by atoms with Gasteiger partial charge < -0.3 is 16.0 Å². The first-order valence-corrected chi connectivity index (χ1v) is 8.77. The highest BCUT2D eigenvalue weighted by Gasteiger charge is 2.15. The number of para-hydroxylation sites is 2. The van der Waals surface area contributed by atoms with Crippen molar-refractivity contribution < 1.29 is 4.79 Å². The van der Waals surface area contributed by atoms with E-state index < -0.39 is 5.91 Å². The Bertz CT molecular complexity index is 1030. The molecule has 5 nitrogen and oxygen atoms in total. The van der Waals surface area contributed by atoms with Crippen LogP contribution in [0.15, 0.2) is 90.6 Å². The van der Waals surface area contributed by atoms with E-state index in [9.17, 15) is 10.1 Å². The second-order valence-corrected chi connectivity index (χ2v) is 6.22. The quantitative estimate of drug-likeness (QED) is 0.386. The average molecular weight is 368 g/mol. The molecular weight excluding hydrogens is 348 g/mol. The summed E-state index contributed by atoms with van der Waals surface area (Å²) in [6.07, 6.45) is 1.54. The Kier molecular flexibility index (Phi) is 5.73. The highest BCUT2D eigenvalue weighted by molar-refractivity contribution is 6.07. The van der Waals surface area contributed by atoms with Crippen molar-refractivity contribution in [1.82, 2.24) is 0 Å². The van der Waals surface area contributed by atoms with Crippen LogP contribution < -0.4 is 16.0 Å². The van der Waals surface area contributed by atoms with E-state index in [4.69, 9.17) is 5.73 Å². The minimum Gasteiger partial charge on any atom is -0.399 e. The van der Waals surface area contributed by atoms with Crippen molar-refractivity contribution in [1.29, 1.82) is 5.26 Å². The molecule has 138 valence electrons. The van der Waals surface area contributed by atoms with E-state index in [0.29, 0.717) is 11.4 Å². The van der Waals surface area contributed by atoms with Gasteiger partial charge in [-0.25, -0.2) is 0 Å². The number of nitrogens with two attached hydrogens (primary N) is 1. The maximum atomic E-state index is 12.7. The number of carbonyl (C=O) groups excluding carboxylic acids is 1. The molecule has 5 heteroatoms. The molecule has 0 spiro atoms. The Hall–Kier alpha value is -4.04. The summed E-state index contributed by atoms with van der Waals surface area (Å²) in [6, 6.07) is 26.2. The molecule has 3 N–H and O–H groups in total. The molecule has 0 radical (unpaired) electrons. The summed E-state index contributed by atoms with van der Waals surface area (Å²) in [5.74, 6) is -0.465. The van der Waals surface area contributed by atoms with Gasteiger partial charge in [-0.1, -0.05) is 36.4 Å². The Labute approximate surface area is 164 Å². The van der Waals surface area contributed by atoms with Gasteiger partial charge in [-0.05, 0) is 55.0 Å². The van der Waals surface area contributed by atoms with Crippen LogP contribution in [0.4, 0.5) is 22.7 Å². The van der Waals surface area contributed by atoms with E-state index in [0.717, 1.165) is 16.9 Å². The number of nitriles is 1. The normalized spacial score (nSPS) is 10.8. The van der Waals surface area contributed by atoms with Gasteiger partial charge in [0.25, 0.3) is 5.91 Å². The fourth-order valence-corrected chi connectivity index (χ4v) is 2.69. The SMILES string of the molecule is Cc1ccccc1NC(=O)/C(C#N)=C\N(c1ccccc1)c1ccc(N)cc1. The standard InChI is InChI=1S/C23H20N4O/c1-17-7-5-6-10-22(17)26-23(28)18(15-24)16-27(20-8-3-2-4-9-20)21-13-11-19(25)12-14-21/h2-14,16H,25H2,1H3,(H,26,28)/b18-16-. The van der Waals surface area contributed by atoms with Crippen LogP contribution in [-0.4, -0.2) is 5.91 Å². The Morgan fingerprint density at radius 2 is 1.57 bits per heavy atom. The van der Waals surface area contributed by atoms with Gasteiger partial charge in [-0.3, -0.25) is 4.79 Å². The maximum absolute atomic E-state index is 12.7. The number of benzene rings is 3. The lowest BCUT2D eigenvalue weighted by Crippen LogP contribution is -2.18. The van der Waals surface area contributed by atoms with Gasteiger partial charge >= 0.3 is 0 Å². The maximum Gasteiger partial charge on any atom is 0.267 e. The van der Waals surface area contributed by atoms with Crippen LogP contribution >= 0.6 is 0 Å². The zero-order chi connectivity index (χ0) is 19.9. The van der Waals surface area contributed by atoms with Crippen LogP contribution in [0, 0.1) is 18.3 Å². The summed E-state index contributed by atoms with van der Waals surface area (Å²) in [7, 11) is 0. The second-order valence-electron chi connectivity index (χ2n) is 6.22. The van der Waals surface area contributed by atoms with Crippen molar-refractivity contribution in [2.75, 3.05) is 16.0 Å². The molecule has 0 atom stereocenters. The molecule has 3 aromatic rings. The number of anilines is 4. The van der Waals surface area contributed by atoms with Crippen molar-refractivity contribution >= 4 is 28.7 Å². The first kappa shape index (κ1) is 18.7. The summed E-state index contributed by atoms with van der Waals surface area (Å²) in [4.78, 5) is 14.5. The molecule has 28 heavy (non-hydrogen) atoms. The van der Waals surface area contributed by atoms with E-state index >= 15 is 0 Å².